The maximum atomic E-state index is 13.0. The van der Waals surface area contributed by atoms with E-state index in [2.05, 4.69) is 41.5 Å². The minimum atomic E-state index is -4.95. The van der Waals surface area contributed by atoms with E-state index in [9.17, 15) is 43.2 Å². The number of hydrogen-bond donors (Lipinski definition) is 3. The number of ether oxygens (including phenoxy) is 4. The second-order valence-electron chi connectivity index (χ2n) is 26.3. The van der Waals surface area contributed by atoms with Crippen LogP contribution in [0.2, 0.25) is 0 Å². The molecule has 3 unspecified atom stereocenters. The standard InChI is InChI=1S/C71H138O17P2/c1-7-10-12-14-16-18-20-25-29-37-43-49-55-70(75)87-66(59-81-68(73)53-47-41-35-28-23-19-17-15-13-11-8-2)61-85-89(77,78)83-57-65(72)58-84-90(79,80)86-62-67(60-82-69(74)54-48-42-36-32-31-34-40-46-52-64(6)9-3)88-71(76)56-50-44-38-30-26-22-21-24-27-33-39-45-51-63(4)5/h63-67,72H,7-62H2,1-6H3,(H,77,78)(H,79,80)/t64?,65-,66+,67+/m0/s1. The first kappa shape index (κ1) is 88.1. The number of aliphatic hydroxyl groups is 1. The van der Waals surface area contributed by atoms with Gasteiger partial charge in [0.2, 0.25) is 0 Å². The summed E-state index contributed by atoms with van der Waals surface area (Å²) in [4.78, 5) is 72.6. The van der Waals surface area contributed by atoms with Crippen LogP contribution >= 0.6 is 15.6 Å². The quantitative estimate of drug-likeness (QED) is 0.0222. The maximum absolute atomic E-state index is 13.0. The van der Waals surface area contributed by atoms with Crippen LogP contribution in [-0.2, 0) is 65.4 Å². The molecule has 0 rings (SSSR count). The van der Waals surface area contributed by atoms with Crippen LogP contribution in [0.15, 0.2) is 0 Å². The summed E-state index contributed by atoms with van der Waals surface area (Å²) in [6.07, 6.45) is 48.3. The molecule has 6 atom stereocenters. The van der Waals surface area contributed by atoms with Crippen LogP contribution in [0.4, 0.5) is 0 Å². The summed E-state index contributed by atoms with van der Waals surface area (Å²) in [6, 6.07) is 0. The average molecular weight is 1330 g/mol. The first-order chi connectivity index (χ1) is 43.4. The lowest BCUT2D eigenvalue weighted by molar-refractivity contribution is -0.161. The number of phosphoric acid groups is 2. The van der Waals surface area contributed by atoms with Gasteiger partial charge in [-0.2, -0.15) is 0 Å². The molecule has 0 aromatic heterocycles. The molecule has 0 saturated heterocycles. The van der Waals surface area contributed by atoms with Gasteiger partial charge >= 0.3 is 39.5 Å². The Bertz CT molecular complexity index is 1750. The highest BCUT2D eigenvalue weighted by Crippen LogP contribution is 2.45. The number of esters is 4. The summed E-state index contributed by atoms with van der Waals surface area (Å²) in [5.41, 5.74) is 0. The molecule has 17 nitrogen and oxygen atoms in total. The lowest BCUT2D eigenvalue weighted by atomic mass is 9.99. The molecule has 19 heteroatoms. The van der Waals surface area contributed by atoms with Crippen molar-refractivity contribution in [2.24, 2.45) is 11.8 Å². The molecule has 0 spiro atoms. The number of unbranched alkanes of at least 4 members (excludes halogenated alkanes) is 39. The predicted molar refractivity (Wildman–Crippen MR) is 363 cm³/mol. The second-order valence-corrected chi connectivity index (χ2v) is 29.3. The van der Waals surface area contributed by atoms with Crippen molar-refractivity contribution in [3.8, 4) is 0 Å². The first-order valence-corrected chi connectivity index (χ1v) is 40.0. The Kier molecular flexibility index (Phi) is 61.8. The molecular weight excluding hydrogens is 1190 g/mol. The number of aliphatic hydroxyl groups excluding tert-OH is 1. The fourth-order valence-corrected chi connectivity index (χ4v) is 12.3. The Morgan fingerprint density at radius 2 is 0.567 bits per heavy atom. The molecule has 90 heavy (non-hydrogen) atoms. The van der Waals surface area contributed by atoms with E-state index in [1.807, 2.05) is 0 Å². The van der Waals surface area contributed by atoms with E-state index in [0.29, 0.717) is 25.7 Å². The fourth-order valence-electron chi connectivity index (χ4n) is 10.7. The number of phosphoric ester groups is 2. The van der Waals surface area contributed by atoms with Gasteiger partial charge in [0.25, 0.3) is 0 Å². The fraction of sp³-hybridized carbons (Fsp3) is 0.944. The topological polar surface area (TPSA) is 237 Å². The number of carbonyl (C=O) groups is 4. The molecule has 0 fully saturated rings. The molecule has 3 N–H and O–H groups in total. The van der Waals surface area contributed by atoms with E-state index in [-0.39, 0.29) is 25.7 Å². The third kappa shape index (κ3) is 63.5. The van der Waals surface area contributed by atoms with Crippen molar-refractivity contribution in [1.82, 2.24) is 0 Å². The van der Waals surface area contributed by atoms with Gasteiger partial charge in [0.15, 0.2) is 12.2 Å². The molecule has 0 aromatic carbocycles. The molecule has 0 amide bonds. The van der Waals surface area contributed by atoms with E-state index in [1.165, 1.54) is 180 Å². The van der Waals surface area contributed by atoms with Gasteiger partial charge in [0.1, 0.15) is 19.3 Å². The number of rotatable bonds is 70. The van der Waals surface area contributed by atoms with Crippen LogP contribution in [0.5, 0.6) is 0 Å². The van der Waals surface area contributed by atoms with Crippen molar-refractivity contribution in [3.05, 3.63) is 0 Å². The largest absolute Gasteiger partial charge is 0.472 e. The highest BCUT2D eigenvalue weighted by Gasteiger charge is 2.30. The molecule has 534 valence electrons. The van der Waals surface area contributed by atoms with E-state index in [0.717, 1.165) is 102 Å². The van der Waals surface area contributed by atoms with E-state index in [1.54, 1.807) is 0 Å². The molecule has 0 aliphatic carbocycles. The highest BCUT2D eigenvalue weighted by molar-refractivity contribution is 7.47. The Hall–Kier alpha value is -1.94. The van der Waals surface area contributed by atoms with Crippen molar-refractivity contribution in [2.75, 3.05) is 39.6 Å². The molecule has 0 aliphatic rings. The van der Waals surface area contributed by atoms with Gasteiger partial charge < -0.3 is 33.8 Å². The van der Waals surface area contributed by atoms with Crippen molar-refractivity contribution < 1.29 is 80.2 Å². The number of carbonyl (C=O) groups excluding carboxylic acids is 4. The lowest BCUT2D eigenvalue weighted by Gasteiger charge is -2.21. The van der Waals surface area contributed by atoms with E-state index in [4.69, 9.17) is 37.0 Å². The van der Waals surface area contributed by atoms with Crippen molar-refractivity contribution >= 4 is 39.5 Å². The monoisotopic (exact) mass is 1320 g/mol. The summed E-state index contributed by atoms with van der Waals surface area (Å²) >= 11 is 0. The molecule has 0 saturated carbocycles. The van der Waals surface area contributed by atoms with Crippen LogP contribution in [0.1, 0.15) is 363 Å². The van der Waals surface area contributed by atoms with Crippen LogP contribution in [0, 0.1) is 11.8 Å². The van der Waals surface area contributed by atoms with Crippen LogP contribution in [0.3, 0.4) is 0 Å². The van der Waals surface area contributed by atoms with Gasteiger partial charge in [-0.15, -0.1) is 0 Å². The summed E-state index contributed by atoms with van der Waals surface area (Å²) < 4.78 is 68.3. The van der Waals surface area contributed by atoms with Gasteiger partial charge in [-0.25, -0.2) is 9.13 Å². The van der Waals surface area contributed by atoms with Gasteiger partial charge in [-0.1, -0.05) is 311 Å². The van der Waals surface area contributed by atoms with Gasteiger partial charge in [0.05, 0.1) is 26.4 Å². The SMILES string of the molecule is CCCCCCCCCCCCCCC(=O)O[C@H](COC(=O)CCCCCCCCCCCCC)COP(=O)(O)OC[C@H](O)COP(=O)(O)OC[C@@H](COC(=O)CCCCCCCCCCC(C)CC)OC(=O)CCCCCCCCCCCCCCC(C)C. The third-order valence-electron chi connectivity index (χ3n) is 16.8. The minimum absolute atomic E-state index is 0.106. The zero-order valence-corrected chi connectivity index (χ0v) is 60.2. The Balaban J connectivity index is 5.26. The summed E-state index contributed by atoms with van der Waals surface area (Å²) in [5.74, 6) is -0.567. The zero-order valence-electron chi connectivity index (χ0n) is 58.4. The smallest absolute Gasteiger partial charge is 0.462 e. The predicted octanol–water partition coefficient (Wildman–Crippen LogP) is 20.4. The summed E-state index contributed by atoms with van der Waals surface area (Å²) in [5, 5.41) is 10.6. The Labute approximate surface area is 549 Å². The molecule has 0 heterocycles. The van der Waals surface area contributed by atoms with Gasteiger partial charge in [0, 0.05) is 25.7 Å². The second kappa shape index (κ2) is 63.1. The van der Waals surface area contributed by atoms with Crippen molar-refractivity contribution in [3.63, 3.8) is 0 Å². The summed E-state index contributed by atoms with van der Waals surface area (Å²) in [7, 11) is -9.90. The molecule has 0 aromatic rings. The van der Waals surface area contributed by atoms with E-state index >= 15 is 0 Å². The Morgan fingerprint density at radius 1 is 0.322 bits per heavy atom. The maximum Gasteiger partial charge on any atom is 0.472 e. The third-order valence-corrected chi connectivity index (χ3v) is 18.7. The number of hydrogen-bond acceptors (Lipinski definition) is 15. The van der Waals surface area contributed by atoms with Gasteiger partial charge in [-0.3, -0.25) is 37.3 Å². The van der Waals surface area contributed by atoms with Crippen molar-refractivity contribution in [1.29, 1.82) is 0 Å². The normalized spacial score (nSPS) is 14.4. The van der Waals surface area contributed by atoms with E-state index < -0.39 is 97.5 Å². The molecule has 0 aliphatic heterocycles. The lowest BCUT2D eigenvalue weighted by Crippen LogP contribution is -2.30. The summed E-state index contributed by atoms with van der Waals surface area (Å²) in [6.45, 7) is 9.57. The Morgan fingerprint density at radius 3 is 0.844 bits per heavy atom. The van der Waals surface area contributed by atoms with Gasteiger partial charge in [-0.05, 0) is 37.5 Å². The van der Waals surface area contributed by atoms with Crippen LogP contribution in [0.25, 0.3) is 0 Å². The first-order valence-electron chi connectivity index (χ1n) is 37.0. The molecule has 0 radical (unpaired) electrons. The van der Waals surface area contributed by atoms with Crippen molar-refractivity contribution in [2.45, 2.75) is 381 Å². The molecule has 0 bridgehead atoms. The average Bonchev–Trinajstić information content (AvgIpc) is 3.55. The van der Waals surface area contributed by atoms with Crippen LogP contribution in [-0.4, -0.2) is 96.7 Å². The van der Waals surface area contributed by atoms with Crippen LogP contribution < -0.4 is 0 Å². The molecular formula is C71H138O17P2. The highest BCUT2D eigenvalue weighted by atomic mass is 31.2. The minimum Gasteiger partial charge on any atom is -0.462 e. The zero-order chi connectivity index (χ0) is 66.5.